The van der Waals surface area contributed by atoms with Crippen LogP contribution >= 0.6 is 23.2 Å². The summed E-state index contributed by atoms with van der Waals surface area (Å²) >= 11 is 13.4. The van der Waals surface area contributed by atoms with E-state index in [1.807, 2.05) is 40.8 Å². The van der Waals surface area contributed by atoms with E-state index in [0.717, 1.165) is 43.0 Å². The van der Waals surface area contributed by atoms with Gasteiger partial charge in [-0.25, -0.2) is 0 Å². The lowest BCUT2D eigenvalue weighted by molar-refractivity contribution is -0.133. The number of hydrogen-bond donors (Lipinski definition) is 1. The standard InChI is InChI=1S/C36H48Cl2N6O5S/c1-24-9-11-28(12-10-24)49-23-27-19-26(42-13-15-43(16-14-42)50(47,48)40(2)3)21-44(27)35(45)18-25-17-32(38)33(20-31(25)37)39-36(46)30-22-41(4)34-8-6-5-7-29(30)34/h5-8,17,20,22,24,26-28H,9-16,18-19,21,23H2,1-4H3,(H,39,46)/t24-,26-,27-,28-/m0/s1. The van der Waals surface area contributed by atoms with E-state index in [9.17, 15) is 18.0 Å². The molecule has 3 aromatic rings. The van der Waals surface area contributed by atoms with Crippen LogP contribution in [0, 0.1) is 5.92 Å². The highest BCUT2D eigenvalue weighted by atomic mass is 35.5. The number of aryl methyl sites for hydroxylation is 1. The summed E-state index contributed by atoms with van der Waals surface area (Å²) in [7, 11) is 1.52. The second-order valence-electron chi connectivity index (χ2n) is 14.3. The Bertz CT molecular complexity index is 1820. The van der Waals surface area contributed by atoms with Crippen LogP contribution in [-0.2, 0) is 33.2 Å². The van der Waals surface area contributed by atoms with Gasteiger partial charge in [0.25, 0.3) is 16.1 Å². The van der Waals surface area contributed by atoms with E-state index in [2.05, 4.69) is 17.1 Å². The van der Waals surface area contributed by atoms with Crippen LogP contribution in [0.1, 0.15) is 54.9 Å². The zero-order chi connectivity index (χ0) is 35.7. The first kappa shape index (κ1) is 37.1. The highest BCUT2D eigenvalue weighted by Gasteiger charge is 2.40. The number of anilines is 1. The first-order valence-electron chi connectivity index (χ1n) is 17.5. The van der Waals surface area contributed by atoms with Crippen molar-refractivity contribution < 1.29 is 22.7 Å². The molecule has 1 aliphatic carbocycles. The van der Waals surface area contributed by atoms with Crippen molar-refractivity contribution in [2.75, 3.05) is 58.7 Å². The summed E-state index contributed by atoms with van der Waals surface area (Å²) in [5, 5.41) is 4.36. The third-order valence-electron chi connectivity index (χ3n) is 10.6. The van der Waals surface area contributed by atoms with Crippen molar-refractivity contribution in [2.45, 2.75) is 63.6 Å². The Morgan fingerprint density at radius 3 is 2.40 bits per heavy atom. The normalized spacial score (nSPS) is 23.9. The van der Waals surface area contributed by atoms with Gasteiger partial charge < -0.3 is 19.5 Å². The molecule has 2 saturated heterocycles. The topological polar surface area (TPSA) is 107 Å². The van der Waals surface area contributed by atoms with Crippen LogP contribution in [0.2, 0.25) is 10.0 Å². The first-order valence-corrected chi connectivity index (χ1v) is 19.6. The van der Waals surface area contributed by atoms with Gasteiger partial charge in [0.2, 0.25) is 5.91 Å². The zero-order valence-electron chi connectivity index (χ0n) is 29.3. The second-order valence-corrected chi connectivity index (χ2v) is 17.2. The summed E-state index contributed by atoms with van der Waals surface area (Å²) in [6, 6.07) is 10.9. The maximum Gasteiger partial charge on any atom is 0.281 e. The molecule has 0 unspecified atom stereocenters. The Labute approximate surface area is 305 Å². The Morgan fingerprint density at radius 1 is 1.00 bits per heavy atom. The lowest BCUT2D eigenvalue weighted by Gasteiger charge is -2.38. The molecule has 1 saturated carbocycles. The molecule has 272 valence electrons. The summed E-state index contributed by atoms with van der Waals surface area (Å²) in [5.74, 6) is 0.341. The van der Waals surface area contributed by atoms with Crippen molar-refractivity contribution in [2.24, 2.45) is 13.0 Å². The molecule has 50 heavy (non-hydrogen) atoms. The lowest BCUT2D eigenvalue weighted by atomic mass is 9.89. The van der Waals surface area contributed by atoms with Gasteiger partial charge in [-0.3, -0.25) is 14.5 Å². The van der Waals surface area contributed by atoms with Crippen LogP contribution in [0.3, 0.4) is 0 Å². The van der Waals surface area contributed by atoms with Crippen molar-refractivity contribution in [1.82, 2.24) is 23.0 Å². The number of carbonyl (C=O) groups excluding carboxylic acids is 2. The number of amides is 2. The Morgan fingerprint density at radius 2 is 1.70 bits per heavy atom. The Balaban J connectivity index is 1.14. The molecule has 3 heterocycles. The highest BCUT2D eigenvalue weighted by Crippen LogP contribution is 2.33. The van der Waals surface area contributed by atoms with E-state index in [1.54, 1.807) is 32.4 Å². The minimum absolute atomic E-state index is 0.0507. The van der Waals surface area contributed by atoms with Crippen LogP contribution in [-0.4, -0.2) is 115 Å². The van der Waals surface area contributed by atoms with Crippen LogP contribution in [0.15, 0.2) is 42.6 Å². The summed E-state index contributed by atoms with van der Waals surface area (Å²) in [6.45, 7) is 5.28. The van der Waals surface area contributed by atoms with E-state index >= 15 is 0 Å². The van der Waals surface area contributed by atoms with Crippen molar-refractivity contribution in [3.63, 3.8) is 0 Å². The molecule has 6 rings (SSSR count). The molecule has 0 radical (unpaired) electrons. The number of likely N-dealkylation sites (tertiary alicyclic amines) is 1. The smallest absolute Gasteiger partial charge is 0.281 e. The number of aromatic nitrogens is 1. The number of piperazine rings is 1. The Kier molecular flexibility index (Phi) is 11.5. The fourth-order valence-corrected chi connectivity index (χ4v) is 9.14. The first-order chi connectivity index (χ1) is 23.8. The van der Waals surface area contributed by atoms with Crippen LogP contribution in [0.25, 0.3) is 10.9 Å². The summed E-state index contributed by atoms with van der Waals surface area (Å²) in [5.41, 5.74) is 2.42. The molecule has 1 N–H and O–H groups in total. The van der Waals surface area contributed by atoms with E-state index in [-0.39, 0.29) is 36.4 Å². The minimum atomic E-state index is -3.47. The van der Waals surface area contributed by atoms with Crippen molar-refractivity contribution in [1.29, 1.82) is 0 Å². The quantitative estimate of drug-likeness (QED) is 0.303. The molecule has 0 bridgehead atoms. The molecule has 2 aliphatic heterocycles. The maximum absolute atomic E-state index is 14.0. The molecule has 3 aliphatic rings. The van der Waals surface area contributed by atoms with Crippen LogP contribution in [0.5, 0.6) is 0 Å². The number of para-hydroxylation sites is 1. The van der Waals surface area contributed by atoms with Gasteiger partial charge in [0.05, 0.1) is 41.4 Å². The van der Waals surface area contributed by atoms with Gasteiger partial charge in [-0.1, -0.05) is 48.3 Å². The fraction of sp³-hybridized carbons (Fsp3) is 0.556. The number of nitrogens with zero attached hydrogens (tertiary/aromatic N) is 5. The molecule has 2 amide bonds. The molecule has 11 nitrogen and oxygen atoms in total. The predicted molar refractivity (Wildman–Crippen MR) is 198 cm³/mol. The molecule has 1 aromatic heterocycles. The van der Waals surface area contributed by atoms with Crippen LogP contribution < -0.4 is 5.32 Å². The number of ether oxygens (including phenoxy) is 1. The fourth-order valence-electron chi connectivity index (χ4n) is 7.59. The highest BCUT2D eigenvalue weighted by molar-refractivity contribution is 7.86. The number of hydrogen-bond acceptors (Lipinski definition) is 6. The number of carbonyl (C=O) groups is 2. The van der Waals surface area contributed by atoms with Crippen molar-refractivity contribution in [3.8, 4) is 0 Å². The van der Waals surface area contributed by atoms with Crippen molar-refractivity contribution in [3.05, 3.63) is 63.8 Å². The van der Waals surface area contributed by atoms with Crippen molar-refractivity contribution >= 4 is 61.8 Å². The lowest BCUT2D eigenvalue weighted by Crippen LogP contribution is -2.54. The average molecular weight is 748 g/mol. The van der Waals surface area contributed by atoms with Gasteiger partial charge in [0.1, 0.15) is 0 Å². The number of halogens is 2. The summed E-state index contributed by atoms with van der Waals surface area (Å²) < 4.78 is 36.5. The summed E-state index contributed by atoms with van der Waals surface area (Å²) in [6.07, 6.45) is 7.16. The van der Waals surface area contributed by atoms with Gasteiger partial charge in [0, 0.05) is 82.0 Å². The third-order valence-corrected chi connectivity index (χ3v) is 13.2. The Hall–Kier alpha value is -2.71. The van der Waals surface area contributed by atoms with Gasteiger partial charge >= 0.3 is 0 Å². The predicted octanol–water partition coefficient (Wildman–Crippen LogP) is 5.27. The monoisotopic (exact) mass is 746 g/mol. The van der Waals surface area contributed by atoms with E-state index in [4.69, 9.17) is 27.9 Å². The number of nitrogens with one attached hydrogen (secondary N) is 1. The van der Waals surface area contributed by atoms with Gasteiger partial charge in [-0.15, -0.1) is 0 Å². The SMILES string of the molecule is CN(C)S(=O)(=O)N1CCN([C@H]2C[C@@H](CO[C@H]3CC[C@H](C)CC3)N(C(=O)Cc3cc(Cl)c(NC(=O)c4cn(C)c5ccccc45)cc3Cl)C2)CC1. The maximum atomic E-state index is 14.0. The number of rotatable bonds is 10. The van der Waals surface area contributed by atoms with Gasteiger partial charge in [-0.05, 0) is 61.8 Å². The van der Waals surface area contributed by atoms with Crippen LogP contribution in [0.4, 0.5) is 5.69 Å². The molecule has 0 spiro atoms. The zero-order valence-corrected chi connectivity index (χ0v) is 31.6. The van der Waals surface area contributed by atoms with Gasteiger partial charge in [-0.2, -0.15) is 17.0 Å². The molecule has 2 atom stereocenters. The number of fused-ring (bicyclic) bond motifs is 1. The third kappa shape index (κ3) is 8.01. The molecular formula is C36H48Cl2N6O5S. The average Bonchev–Trinajstić information content (AvgIpc) is 3.68. The molecule has 14 heteroatoms. The van der Waals surface area contributed by atoms with E-state index in [0.29, 0.717) is 72.1 Å². The second kappa shape index (κ2) is 15.5. The largest absolute Gasteiger partial charge is 0.376 e. The number of benzene rings is 2. The molecular weight excluding hydrogens is 699 g/mol. The minimum Gasteiger partial charge on any atom is -0.376 e. The summed E-state index contributed by atoms with van der Waals surface area (Å²) in [4.78, 5) is 31.5. The van der Waals surface area contributed by atoms with E-state index in [1.165, 1.54) is 8.61 Å². The molecule has 3 fully saturated rings. The molecule has 2 aromatic carbocycles. The van der Waals surface area contributed by atoms with Gasteiger partial charge in [0.15, 0.2) is 0 Å². The van der Waals surface area contributed by atoms with E-state index < -0.39 is 10.2 Å².